The predicted octanol–water partition coefficient (Wildman–Crippen LogP) is 4.47. The monoisotopic (exact) mass is 491 g/mol. The SMILES string of the molecule is Br.CCN(CC)CCn1nc2c3c(c(NCCN)ccc31)Sc1cc(OC)ccc1-2. The summed E-state index contributed by atoms with van der Waals surface area (Å²) < 4.78 is 7.62. The number of hydrogen-bond donors (Lipinski definition) is 2. The van der Waals surface area contributed by atoms with E-state index in [1.54, 1.807) is 18.9 Å². The Bertz CT molecular complexity index is 1020. The van der Waals surface area contributed by atoms with Gasteiger partial charge < -0.3 is 20.7 Å². The molecule has 0 amide bonds. The van der Waals surface area contributed by atoms with Gasteiger partial charge in [0.25, 0.3) is 0 Å². The van der Waals surface area contributed by atoms with E-state index in [1.807, 2.05) is 6.07 Å². The van der Waals surface area contributed by atoms with Crippen LogP contribution in [-0.2, 0) is 6.54 Å². The topological polar surface area (TPSA) is 68.3 Å². The minimum atomic E-state index is 0. The highest BCUT2D eigenvalue weighted by Crippen LogP contribution is 2.51. The fourth-order valence-electron chi connectivity index (χ4n) is 3.85. The van der Waals surface area contributed by atoms with Crippen molar-refractivity contribution in [1.82, 2.24) is 14.7 Å². The number of nitrogens with one attached hydrogen (secondary N) is 1. The highest BCUT2D eigenvalue weighted by atomic mass is 79.9. The Balaban J connectivity index is 0.00000256. The van der Waals surface area contributed by atoms with Crippen molar-refractivity contribution in [3.63, 3.8) is 0 Å². The first-order valence-electron chi connectivity index (χ1n) is 10.3. The molecule has 2 aromatic carbocycles. The molecule has 0 unspecified atom stereocenters. The van der Waals surface area contributed by atoms with E-state index in [2.05, 4.69) is 53.0 Å². The predicted molar refractivity (Wildman–Crippen MR) is 131 cm³/mol. The summed E-state index contributed by atoms with van der Waals surface area (Å²) in [5, 5.41) is 9.77. The fourth-order valence-corrected chi connectivity index (χ4v) is 5.07. The lowest BCUT2D eigenvalue weighted by Gasteiger charge is -2.19. The Morgan fingerprint density at radius 2 is 2.00 bits per heavy atom. The van der Waals surface area contributed by atoms with E-state index in [4.69, 9.17) is 15.6 Å². The van der Waals surface area contributed by atoms with Gasteiger partial charge in [0.1, 0.15) is 11.4 Å². The molecule has 3 N–H and O–H groups in total. The number of fused-ring (bicyclic) bond motifs is 2. The molecule has 0 saturated carbocycles. The summed E-state index contributed by atoms with van der Waals surface area (Å²) in [7, 11) is 1.71. The molecule has 30 heavy (non-hydrogen) atoms. The van der Waals surface area contributed by atoms with E-state index >= 15 is 0 Å². The maximum atomic E-state index is 5.73. The smallest absolute Gasteiger partial charge is 0.120 e. The Kier molecular flexibility index (Phi) is 7.68. The van der Waals surface area contributed by atoms with Crippen LogP contribution in [0.25, 0.3) is 22.2 Å². The minimum absolute atomic E-state index is 0. The van der Waals surface area contributed by atoms with Gasteiger partial charge in [0, 0.05) is 46.1 Å². The zero-order chi connectivity index (χ0) is 20.4. The van der Waals surface area contributed by atoms with Crippen molar-refractivity contribution < 1.29 is 4.74 Å². The van der Waals surface area contributed by atoms with E-state index in [9.17, 15) is 0 Å². The molecule has 1 aromatic heterocycles. The maximum Gasteiger partial charge on any atom is 0.120 e. The summed E-state index contributed by atoms with van der Waals surface area (Å²) in [6.45, 7) is 9.74. The van der Waals surface area contributed by atoms with Gasteiger partial charge in [-0.2, -0.15) is 5.10 Å². The van der Waals surface area contributed by atoms with Crippen LogP contribution in [0.15, 0.2) is 40.1 Å². The standard InChI is InChI=1S/C22H29N5OS.BrH/c1-4-26(5-2)12-13-27-18-9-8-17(24-11-10-23)22-20(18)21(25-27)16-7-6-15(28-3)14-19(16)29-22;/h6-9,14,24H,4-5,10-13,23H2,1-3H3;1H. The second-order valence-electron chi connectivity index (χ2n) is 7.11. The molecule has 0 aliphatic carbocycles. The molecule has 0 fully saturated rings. The lowest BCUT2D eigenvalue weighted by atomic mass is 10.1. The van der Waals surface area contributed by atoms with Crippen molar-refractivity contribution in [3.8, 4) is 17.0 Å². The molecule has 8 heteroatoms. The van der Waals surface area contributed by atoms with Crippen LogP contribution >= 0.6 is 28.7 Å². The summed E-state index contributed by atoms with van der Waals surface area (Å²) in [5.74, 6) is 0.865. The highest BCUT2D eigenvalue weighted by molar-refractivity contribution is 8.93. The van der Waals surface area contributed by atoms with E-state index in [1.165, 1.54) is 26.3 Å². The lowest BCUT2D eigenvalue weighted by Crippen LogP contribution is -2.27. The second-order valence-corrected chi connectivity index (χ2v) is 8.17. The van der Waals surface area contributed by atoms with Crippen molar-refractivity contribution in [3.05, 3.63) is 30.3 Å². The summed E-state index contributed by atoms with van der Waals surface area (Å²) in [5.41, 5.74) is 10.3. The van der Waals surface area contributed by atoms with Crippen LogP contribution < -0.4 is 15.8 Å². The number of nitrogens with zero attached hydrogens (tertiary/aromatic N) is 3. The van der Waals surface area contributed by atoms with Crippen molar-refractivity contribution in [2.75, 3.05) is 45.2 Å². The van der Waals surface area contributed by atoms with Crippen LogP contribution in [0.1, 0.15) is 13.8 Å². The van der Waals surface area contributed by atoms with Crippen LogP contribution in [-0.4, -0.2) is 54.5 Å². The summed E-state index contributed by atoms with van der Waals surface area (Å²) in [6.07, 6.45) is 0. The maximum absolute atomic E-state index is 5.73. The van der Waals surface area contributed by atoms with Crippen molar-refractivity contribution in [2.45, 2.75) is 30.2 Å². The molecule has 1 aliphatic heterocycles. The van der Waals surface area contributed by atoms with Crippen LogP contribution in [0, 0.1) is 0 Å². The molecule has 1 aliphatic rings. The third-order valence-corrected chi connectivity index (χ3v) is 6.70. The summed E-state index contributed by atoms with van der Waals surface area (Å²) in [6, 6.07) is 10.6. The molecule has 162 valence electrons. The van der Waals surface area contributed by atoms with Crippen molar-refractivity contribution >= 4 is 45.3 Å². The molecule has 0 bridgehead atoms. The van der Waals surface area contributed by atoms with Crippen LogP contribution in [0.5, 0.6) is 5.75 Å². The van der Waals surface area contributed by atoms with Gasteiger partial charge >= 0.3 is 0 Å². The average Bonchev–Trinajstić information content (AvgIpc) is 3.13. The largest absolute Gasteiger partial charge is 0.497 e. The lowest BCUT2D eigenvalue weighted by molar-refractivity contribution is 0.287. The Hall–Kier alpha value is -1.74. The number of rotatable bonds is 9. The first-order chi connectivity index (χ1) is 14.2. The van der Waals surface area contributed by atoms with Gasteiger partial charge in [-0.1, -0.05) is 25.6 Å². The van der Waals surface area contributed by atoms with E-state index in [0.29, 0.717) is 6.54 Å². The summed E-state index contributed by atoms with van der Waals surface area (Å²) >= 11 is 1.78. The number of ether oxygens (including phenoxy) is 1. The second kappa shape index (κ2) is 10.0. The molecule has 0 spiro atoms. The van der Waals surface area contributed by atoms with E-state index in [0.717, 1.165) is 49.9 Å². The molecule has 3 aromatic rings. The third kappa shape index (κ3) is 4.19. The minimum Gasteiger partial charge on any atom is -0.497 e. The molecule has 6 nitrogen and oxygen atoms in total. The number of hydrogen-bond acceptors (Lipinski definition) is 6. The zero-order valence-corrected chi connectivity index (χ0v) is 20.3. The highest BCUT2D eigenvalue weighted by Gasteiger charge is 2.26. The quantitative estimate of drug-likeness (QED) is 0.360. The van der Waals surface area contributed by atoms with Gasteiger partial charge in [-0.3, -0.25) is 4.68 Å². The molecule has 4 rings (SSSR count). The molecular formula is C22H30BrN5OS. The van der Waals surface area contributed by atoms with Crippen molar-refractivity contribution in [2.24, 2.45) is 5.73 Å². The zero-order valence-electron chi connectivity index (χ0n) is 17.8. The van der Waals surface area contributed by atoms with E-state index < -0.39 is 0 Å². The van der Waals surface area contributed by atoms with Gasteiger partial charge in [-0.15, -0.1) is 17.0 Å². The number of aromatic nitrogens is 2. The normalized spacial score (nSPS) is 12.0. The van der Waals surface area contributed by atoms with Crippen LogP contribution in [0.2, 0.25) is 0 Å². The van der Waals surface area contributed by atoms with E-state index in [-0.39, 0.29) is 17.0 Å². The molecular weight excluding hydrogens is 462 g/mol. The number of anilines is 1. The number of nitrogens with two attached hydrogens (primary N) is 1. The van der Waals surface area contributed by atoms with Gasteiger partial charge in [0.2, 0.25) is 0 Å². The Morgan fingerprint density at radius 1 is 1.20 bits per heavy atom. The van der Waals surface area contributed by atoms with Crippen molar-refractivity contribution in [1.29, 1.82) is 0 Å². The molecule has 0 radical (unpaired) electrons. The first-order valence-corrected chi connectivity index (χ1v) is 11.1. The molecule has 0 saturated heterocycles. The van der Waals surface area contributed by atoms with Gasteiger partial charge in [-0.05, 0) is 43.4 Å². The Morgan fingerprint density at radius 3 is 2.70 bits per heavy atom. The summed E-state index contributed by atoms with van der Waals surface area (Å²) in [4.78, 5) is 4.83. The number of likely N-dealkylation sites (N-methyl/N-ethyl adjacent to an activating group) is 1. The van der Waals surface area contributed by atoms with Gasteiger partial charge in [-0.25, -0.2) is 0 Å². The number of halogens is 1. The van der Waals surface area contributed by atoms with Crippen LogP contribution in [0.3, 0.4) is 0 Å². The number of methoxy groups -OCH3 is 1. The average molecular weight is 492 g/mol. The van der Waals surface area contributed by atoms with Gasteiger partial charge in [0.05, 0.1) is 19.2 Å². The van der Waals surface area contributed by atoms with Crippen LogP contribution in [0.4, 0.5) is 5.69 Å². The molecule has 2 heterocycles. The Labute approximate surface area is 192 Å². The first kappa shape index (κ1) is 22.9. The number of benzene rings is 2. The fraction of sp³-hybridized carbons (Fsp3) is 0.409. The van der Waals surface area contributed by atoms with Gasteiger partial charge in [0.15, 0.2) is 0 Å². The molecule has 0 atom stereocenters. The third-order valence-electron chi connectivity index (χ3n) is 5.51.